The van der Waals surface area contributed by atoms with Crippen LogP contribution in [0.4, 0.5) is 0 Å². The minimum absolute atomic E-state index is 0.0589. The van der Waals surface area contributed by atoms with Crippen LogP contribution in [0.3, 0.4) is 0 Å². The topological polar surface area (TPSA) is 80.6 Å². The smallest absolute Gasteiger partial charge is 0.222 e. The summed E-state index contributed by atoms with van der Waals surface area (Å²) in [5.74, 6) is 2.71. The number of ether oxygens (including phenoxy) is 1. The molecule has 0 radical (unpaired) electrons. The van der Waals surface area contributed by atoms with Crippen molar-refractivity contribution in [3.8, 4) is 22.8 Å². The molecule has 9 heteroatoms. The molecule has 1 fully saturated rings. The van der Waals surface area contributed by atoms with Crippen LogP contribution in [0, 0.1) is 0 Å². The number of hydrogen-bond donors (Lipinski definition) is 0. The van der Waals surface area contributed by atoms with E-state index in [1.165, 1.54) is 32.1 Å². The van der Waals surface area contributed by atoms with Crippen LogP contribution in [0.15, 0.2) is 59.8 Å². The van der Waals surface area contributed by atoms with Crippen LogP contribution in [0.5, 0.6) is 5.75 Å². The van der Waals surface area contributed by atoms with Crippen molar-refractivity contribution in [2.24, 2.45) is 0 Å². The standard InChI is InChI=1S/C34H47N5O3S/c1-4-5-6-7-8-9-13-17-32(41)38-24-23-37(26-27(38)2)31(40)18-14-25-43-34-36-35-33(28-15-11-10-12-16-28)39(34)29-19-21-30(42-3)22-20-29/h10-12,15-16,19-22,27H,4-9,13-14,17-18,23-26H2,1-3H3. The van der Waals surface area contributed by atoms with Gasteiger partial charge in [0.05, 0.1) is 7.11 Å². The number of methoxy groups -OCH3 is 1. The van der Waals surface area contributed by atoms with Crippen LogP contribution in [0.25, 0.3) is 17.1 Å². The van der Waals surface area contributed by atoms with Gasteiger partial charge in [-0.2, -0.15) is 0 Å². The Balaban J connectivity index is 1.24. The molecule has 1 atom stereocenters. The molecule has 0 aliphatic carbocycles. The van der Waals surface area contributed by atoms with E-state index in [-0.39, 0.29) is 17.9 Å². The van der Waals surface area contributed by atoms with Crippen LogP contribution in [-0.2, 0) is 9.59 Å². The van der Waals surface area contributed by atoms with Gasteiger partial charge in [0.15, 0.2) is 11.0 Å². The molecule has 0 spiro atoms. The molecule has 232 valence electrons. The van der Waals surface area contributed by atoms with Crippen molar-refractivity contribution in [2.75, 3.05) is 32.5 Å². The molecule has 2 heterocycles. The fraction of sp³-hybridized carbons (Fsp3) is 0.529. The average Bonchev–Trinajstić information content (AvgIpc) is 3.46. The van der Waals surface area contributed by atoms with Gasteiger partial charge in [-0.15, -0.1) is 10.2 Å². The lowest BCUT2D eigenvalue weighted by Crippen LogP contribution is -2.55. The number of carbonyl (C=O) groups is 2. The Bertz CT molecular complexity index is 1280. The molecule has 0 N–H and O–H groups in total. The first kappa shape index (κ1) is 32.6. The van der Waals surface area contributed by atoms with Gasteiger partial charge in [0, 0.05) is 55.5 Å². The summed E-state index contributed by atoms with van der Waals surface area (Å²) in [6, 6.07) is 18.0. The highest BCUT2D eigenvalue weighted by molar-refractivity contribution is 7.99. The SMILES string of the molecule is CCCCCCCCCC(=O)N1CCN(C(=O)CCCSc2nnc(-c3ccccc3)n2-c2ccc(OC)cc2)CC1C. The van der Waals surface area contributed by atoms with Gasteiger partial charge in [-0.3, -0.25) is 14.2 Å². The molecule has 1 aliphatic rings. The number of benzene rings is 2. The number of rotatable bonds is 16. The van der Waals surface area contributed by atoms with Crippen LogP contribution in [-0.4, -0.2) is 74.9 Å². The minimum atomic E-state index is 0.0589. The maximum absolute atomic E-state index is 13.1. The molecule has 2 amide bonds. The number of amides is 2. The first-order chi connectivity index (χ1) is 21.0. The molecule has 0 saturated carbocycles. The number of hydrogen-bond acceptors (Lipinski definition) is 6. The minimum Gasteiger partial charge on any atom is -0.497 e. The molecule has 3 aromatic rings. The van der Waals surface area contributed by atoms with Gasteiger partial charge >= 0.3 is 0 Å². The highest BCUT2D eigenvalue weighted by Crippen LogP contribution is 2.29. The number of nitrogens with zero attached hydrogens (tertiary/aromatic N) is 5. The Kier molecular flexibility index (Phi) is 12.9. The van der Waals surface area contributed by atoms with Gasteiger partial charge in [-0.05, 0) is 44.0 Å². The van der Waals surface area contributed by atoms with Crippen molar-refractivity contribution < 1.29 is 14.3 Å². The van der Waals surface area contributed by atoms with Crippen molar-refractivity contribution in [2.45, 2.75) is 89.3 Å². The van der Waals surface area contributed by atoms with Crippen LogP contribution >= 0.6 is 11.8 Å². The zero-order valence-electron chi connectivity index (χ0n) is 26.0. The van der Waals surface area contributed by atoms with Crippen LogP contribution in [0.1, 0.15) is 78.1 Å². The van der Waals surface area contributed by atoms with Crippen LogP contribution < -0.4 is 4.74 Å². The maximum atomic E-state index is 13.1. The maximum Gasteiger partial charge on any atom is 0.222 e. The predicted octanol–water partition coefficient (Wildman–Crippen LogP) is 7.02. The third-order valence-electron chi connectivity index (χ3n) is 8.06. The monoisotopic (exact) mass is 605 g/mol. The lowest BCUT2D eigenvalue weighted by molar-refractivity contribution is -0.142. The number of unbranched alkanes of at least 4 members (excludes halogenated alkanes) is 6. The summed E-state index contributed by atoms with van der Waals surface area (Å²) in [4.78, 5) is 29.8. The van der Waals surface area contributed by atoms with Gasteiger partial charge in [-0.1, -0.05) is 87.5 Å². The van der Waals surface area contributed by atoms with E-state index in [0.29, 0.717) is 32.5 Å². The zero-order chi connectivity index (χ0) is 30.4. The zero-order valence-corrected chi connectivity index (χ0v) is 26.9. The molecule has 1 saturated heterocycles. The number of aromatic nitrogens is 3. The second-order valence-electron chi connectivity index (χ2n) is 11.3. The summed E-state index contributed by atoms with van der Waals surface area (Å²) in [6.07, 6.45) is 10.3. The molecular formula is C34H47N5O3S. The van der Waals surface area contributed by atoms with Crippen molar-refractivity contribution in [1.29, 1.82) is 0 Å². The van der Waals surface area contributed by atoms with Gasteiger partial charge in [-0.25, -0.2) is 0 Å². The first-order valence-electron chi connectivity index (χ1n) is 15.9. The molecule has 1 aromatic heterocycles. The Morgan fingerprint density at radius 3 is 2.26 bits per heavy atom. The number of thioether (sulfide) groups is 1. The summed E-state index contributed by atoms with van der Waals surface area (Å²) in [5, 5.41) is 9.81. The molecule has 43 heavy (non-hydrogen) atoms. The van der Waals surface area contributed by atoms with E-state index in [1.54, 1.807) is 18.9 Å². The fourth-order valence-corrected chi connectivity index (χ4v) is 6.47. The van der Waals surface area contributed by atoms with Crippen LogP contribution in [0.2, 0.25) is 0 Å². The highest BCUT2D eigenvalue weighted by Gasteiger charge is 2.29. The normalized spacial score (nSPS) is 15.1. The molecule has 4 rings (SSSR count). The Morgan fingerprint density at radius 1 is 0.860 bits per heavy atom. The van der Waals surface area contributed by atoms with Gasteiger partial charge < -0.3 is 14.5 Å². The van der Waals surface area contributed by atoms with E-state index < -0.39 is 0 Å². The number of piperazine rings is 1. The highest BCUT2D eigenvalue weighted by atomic mass is 32.2. The lowest BCUT2D eigenvalue weighted by atomic mass is 10.1. The van der Waals surface area contributed by atoms with E-state index in [9.17, 15) is 9.59 Å². The quantitative estimate of drug-likeness (QED) is 0.129. The summed E-state index contributed by atoms with van der Waals surface area (Å²) in [6.45, 7) is 6.15. The number of carbonyl (C=O) groups excluding carboxylic acids is 2. The molecule has 1 unspecified atom stereocenters. The average molecular weight is 606 g/mol. The predicted molar refractivity (Wildman–Crippen MR) is 174 cm³/mol. The van der Waals surface area contributed by atoms with Crippen molar-refractivity contribution in [3.05, 3.63) is 54.6 Å². The summed E-state index contributed by atoms with van der Waals surface area (Å²) < 4.78 is 7.40. The second-order valence-corrected chi connectivity index (χ2v) is 12.4. The van der Waals surface area contributed by atoms with Gasteiger partial charge in [0.1, 0.15) is 5.75 Å². The van der Waals surface area contributed by atoms with E-state index in [1.807, 2.05) is 64.4 Å². The summed E-state index contributed by atoms with van der Waals surface area (Å²) in [5.41, 5.74) is 1.94. The molecule has 2 aromatic carbocycles. The second kappa shape index (κ2) is 17.1. The lowest BCUT2D eigenvalue weighted by Gasteiger charge is -2.40. The summed E-state index contributed by atoms with van der Waals surface area (Å²) >= 11 is 1.61. The van der Waals surface area contributed by atoms with Gasteiger partial charge in [0.25, 0.3) is 0 Å². The van der Waals surface area contributed by atoms with Crippen molar-refractivity contribution in [3.63, 3.8) is 0 Å². The van der Waals surface area contributed by atoms with E-state index in [2.05, 4.69) is 28.6 Å². The largest absolute Gasteiger partial charge is 0.497 e. The molecule has 8 nitrogen and oxygen atoms in total. The third kappa shape index (κ3) is 9.33. The molecule has 1 aliphatic heterocycles. The first-order valence-corrected chi connectivity index (χ1v) is 16.9. The van der Waals surface area contributed by atoms with Crippen molar-refractivity contribution in [1.82, 2.24) is 24.6 Å². The molecular weight excluding hydrogens is 558 g/mol. The van der Waals surface area contributed by atoms with E-state index >= 15 is 0 Å². The van der Waals surface area contributed by atoms with E-state index in [0.717, 1.165) is 53.0 Å². The Hall–Kier alpha value is -3.33. The Labute approximate surface area is 261 Å². The molecule has 0 bridgehead atoms. The van der Waals surface area contributed by atoms with Crippen molar-refractivity contribution >= 4 is 23.6 Å². The third-order valence-corrected chi connectivity index (χ3v) is 9.07. The van der Waals surface area contributed by atoms with E-state index in [4.69, 9.17) is 4.74 Å². The summed E-state index contributed by atoms with van der Waals surface area (Å²) in [7, 11) is 1.66. The van der Waals surface area contributed by atoms with Gasteiger partial charge in [0.2, 0.25) is 11.8 Å². The fourth-order valence-electron chi connectivity index (χ4n) is 5.58. The Morgan fingerprint density at radius 2 is 1.56 bits per heavy atom.